The van der Waals surface area contributed by atoms with Crippen molar-refractivity contribution < 1.29 is 4.74 Å². The van der Waals surface area contributed by atoms with Crippen molar-refractivity contribution in [2.45, 2.75) is 25.7 Å². The number of fused-ring (bicyclic) bond motifs is 1. The number of rotatable bonds is 1. The number of pyridine rings is 1. The highest BCUT2D eigenvalue weighted by molar-refractivity contribution is 5.31. The van der Waals surface area contributed by atoms with Gasteiger partial charge in [-0.05, 0) is 36.8 Å². The average Bonchev–Trinajstić information content (AvgIpc) is 2.17. The largest absolute Gasteiger partial charge is 0.481 e. The summed E-state index contributed by atoms with van der Waals surface area (Å²) in [4.78, 5) is 4.19. The predicted octanol–water partition coefficient (Wildman–Crippen LogP) is 1.97. The van der Waals surface area contributed by atoms with E-state index in [4.69, 9.17) is 4.74 Å². The molecule has 1 aliphatic rings. The quantitative estimate of drug-likeness (QED) is 0.631. The Hall–Kier alpha value is -1.05. The summed E-state index contributed by atoms with van der Waals surface area (Å²) in [5.41, 5.74) is 2.83. The van der Waals surface area contributed by atoms with Gasteiger partial charge >= 0.3 is 0 Å². The van der Waals surface area contributed by atoms with E-state index in [2.05, 4.69) is 11.1 Å². The van der Waals surface area contributed by atoms with E-state index in [1.54, 1.807) is 7.11 Å². The normalized spacial score (nSPS) is 15.4. The van der Waals surface area contributed by atoms with Crippen molar-refractivity contribution in [2.75, 3.05) is 7.11 Å². The van der Waals surface area contributed by atoms with Gasteiger partial charge in [-0.3, -0.25) is 0 Å². The van der Waals surface area contributed by atoms with Gasteiger partial charge < -0.3 is 4.74 Å². The van der Waals surface area contributed by atoms with E-state index >= 15 is 0 Å². The Morgan fingerprint density at radius 2 is 2.00 bits per heavy atom. The lowest BCUT2D eigenvalue weighted by Crippen LogP contribution is -2.03. The number of ether oxygens (including phenoxy) is 1. The molecule has 64 valence electrons. The van der Waals surface area contributed by atoms with Crippen LogP contribution in [0.15, 0.2) is 12.3 Å². The fourth-order valence-electron chi connectivity index (χ4n) is 1.70. The van der Waals surface area contributed by atoms with Crippen molar-refractivity contribution in [1.29, 1.82) is 0 Å². The second-order valence-corrected chi connectivity index (χ2v) is 3.20. The van der Waals surface area contributed by atoms with Crippen LogP contribution in [-0.4, -0.2) is 12.1 Å². The Morgan fingerprint density at radius 3 is 2.75 bits per heavy atom. The number of aryl methyl sites for hydroxylation is 2. The van der Waals surface area contributed by atoms with Crippen LogP contribution < -0.4 is 4.74 Å². The summed E-state index contributed by atoms with van der Waals surface area (Å²) in [6, 6.07) is 2.06. The fraction of sp³-hybridized carbons (Fsp3) is 0.500. The molecule has 0 fully saturated rings. The van der Waals surface area contributed by atoms with Crippen LogP contribution in [0.4, 0.5) is 0 Å². The zero-order chi connectivity index (χ0) is 8.39. The van der Waals surface area contributed by atoms with Gasteiger partial charge in [-0.15, -0.1) is 0 Å². The zero-order valence-corrected chi connectivity index (χ0v) is 7.34. The lowest BCUT2D eigenvalue weighted by molar-refractivity contribution is 0.396. The number of hydrogen-bond donors (Lipinski definition) is 0. The van der Waals surface area contributed by atoms with Gasteiger partial charge in [0.1, 0.15) is 0 Å². The van der Waals surface area contributed by atoms with Crippen molar-refractivity contribution in [3.63, 3.8) is 0 Å². The molecule has 1 aliphatic carbocycles. The Bertz CT molecular complexity index is 283. The molecule has 12 heavy (non-hydrogen) atoms. The lowest BCUT2D eigenvalue weighted by atomic mass is 9.94. The maximum Gasteiger partial charge on any atom is 0.213 e. The van der Waals surface area contributed by atoms with Gasteiger partial charge in [-0.2, -0.15) is 0 Å². The minimum absolute atomic E-state index is 0.746. The fourth-order valence-corrected chi connectivity index (χ4v) is 1.70. The van der Waals surface area contributed by atoms with E-state index < -0.39 is 0 Å². The van der Waals surface area contributed by atoms with Gasteiger partial charge in [0.05, 0.1) is 7.11 Å². The first-order valence-corrected chi connectivity index (χ1v) is 4.42. The van der Waals surface area contributed by atoms with Crippen LogP contribution in [0.3, 0.4) is 0 Å². The molecule has 0 amide bonds. The number of nitrogens with zero attached hydrogens (tertiary/aromatic N) is 1. The summed E-state index contributed by atoms with van der Waals surface area (Å²) in [7, 11) is 1.66. The summed E-state index contributed by atoms with van der Waals surface area (Å²) >= 11 is 0. The summed E-state index contributed by atoms with van der Waals surface area (Å²) in [6.07, 6.45) is 6.94. The van der Waals surface area contributed by atoms with Crippen LogP contribution in [0.5, 0.6) is 5.88 Å². The highest BCUT2D eigenvalue weighted by atomic mass is 16.5. The first-order chi connectivity index (χ1) is 5.90. The van der Waals surface area contributed by atoms with Gasteiger partial charge in [-0.1, -0.05) is 0 Å². The topological polar surface area (TPSA) is 22.1 Å². The molecular formula is C10H13NO. The van der Waals surface area contributed by atoms with Crippen molar-refractivity contribution in [2.24, 2.45) is 0 Å². The van der Waals surface area contributed by atoms with E-state index in [0.29, 0.717) is 0 Å². The molecule has 0 spiro atoms. The molecule has 0 saturated heterocycles. The van der Waals surface area contributed by atoms with Gasteiger partial charge in [0.25, 0.3) is 0 Å². The molecule has 0 unspecified atom stereocenters. The van der Waals surface area contributed by atoms with Crippen LogP contribution >= 0.6 is 0 Å². The maximum absolute atomic E-state index is 5.07. The molecule has 2 nitrogen and oxygen atoms in total. The second kappa shape index (κ2) is 3.13. The van der Waals surface area contributed by atoms with Crippen molar-refractivity contribution in [3.8, 4) is 5.88 Å². The van der Waals surface area contributed by atoms with Gasteiger partial charge in [-0.25, -0.2) is 4.98 Å². The van der Waals surface area contributed by atoms with Crippen LogP contribution in [0.1, 0.15) is 24.0 Å². The van der Waals surface area contributed by atoms with E-state index in [9.17, 15) is 0 Å². The molecule has 2 heteroatoms. The highest BCUT2D eigenvalue weighted by Gasteiger charge is 2.09. The molecule has 0 aliphatic heterocycles. The van der Waals surface area contributed by atoms with E-state index in [1.807, 2.05) is 6.20 Å². The summed E-state index contributed by atoms with van der Waals surface area (Å²) < 4.78 is 5.07. The third kappa shape index (κ3) is 1.29. The maximum atomic E-state index is 5.07. The van der Waals surface area contributed by atoms with Crippen molar-refractivity contribution in [3.05, 3.63) is 23.4 Å². The molecule has 0 saturated carbocycles. The number of methoxy groups -OCH3 is 1. The average molecular weight is 163 g/mol. The van der Waals surface area contributed by atoms with Crippen LogP contribution in [-0.2, 0) is 12.8 Å². The zero-order valence-electron chi connectivity index (χ0n) is 7.34. The third-order valence-corrected chi connectivity index (χ3v) is 2.41. The van der Waals surface area contributed by atoms with Gasteiger partial charge in [0.15, 0.2) is 0 Å². The summed E-state index contributed by atoms with van der Waals surface area (Å²) in [5, 5.41) is 0. The molecule has 0 bridgehead atoms. The predicted molar refractivity (Wildman–Crippen MR) is 47.4 cm³/mol. The molecule has 0 radical (unpaired) electrons. The molecule has 0 aromatic carbocycles. The Morgan fingerprint density at radius 1 is 1.25 bits per heavy atom. The van der Waals surface area contributed by atoms with Crippen LogP contribution in [0.2, 0.25) is 0 Å². The van der Waals surface area contributed by atoms with Gasteiger partial charge in [0.2, 0.25) is 5.88 Å². The first-order valence-electron chi connectivity index (χ1n) is 4.42. The molecule has 1 aromatic heterocycles. The Kier molecular flexibility index (Phi) is 1.98. The van der Waals surface area contributed by atoms with E-state index in [1.165, 1.54) is 36.8 Å². The third-order valence-electron chi connectivity index (χ3n) is 2.41. The van der Waals surface area contributed by atoms with E-state index in [0.717, 1.165) is 5.88 Å². The Balaban J connectivity index is 2.36. The molecule has 1 aromatic rings. The lowest BCUT2D eigenvalue weighted by Gasteiger charge is -2.14. The molecule has 2 rings (SSSR count). The minimum atomic E-state index is 0.746. The minimum Gasteiger partial charge on any atom is -0.481 e. The summed E-state index contributed by atoms with van der Waals surface area (Å²) in [5.74, 6) is 0.746. The highest BCUT2D eigenvalue weighted by Crippen LogP contribution is 2.22. The van der Waals surface area contributed by atoms with E-state index in [-0.39, 0.29) is 0 Å². The SMILES string of the molecule is COc1cc2c(cn1)CCCC2. The molecule has 1 heterocycles. The van der Waals surface area contributed by atoms with Crippen LogP contribution in [0, 0.1) is 0 Å². The number of hydrogen-bond acceptors (Lipinski definition) is 2. The van der Waals surface area contributed by atoms with Gasteiger partial charge in [0, 0.05) is 12.3 Å². The van der Waals surface area contributed by atoms with Crippen molar-refractivity contribution >= 4 is 0 Å². The van der Waals surface area contributed by atoms with Crippen LogP contribution in [0.25, 0.3) is 0 Å². The smallest absolute Gasteiger partial charge is 0.213 e. The first kappa shape index (κ1) is 7.59. The van der Waals surface area contributed by atoms with Crippen molar-refractivity contribution in [1.82, 2.24) is 4.98 Å². The monoisotopic (exact) mass is 163 g/mol. The number of aromatic nitrogens is 1. The molecule has 0 N–H and O–H groups in total. The second-order valence-electron chi connectivity index (χ2n) is 3.20. The molecular weight excluding hydrogens is 150 g/mol. The summed E-state index contributed by atoms with van der Waals surface area (Å²) in [6.45, 7) is 0. The standard InChI is InChI=1S/C10H13NO/c1-12-10-6-8-4-2-3-5-9(8)7-11-10/h6-7H,2-5H2,1H3. The molecule has 0 atom stereocenters. The Labute approximate surface area is 72.6 Å².